The number of hydrogen-bond acceptors (Lipinski definition) is 7. The molecule has 1 saturated carbocycles. The van der Waals surface area contributed by atoms with Gasteiger partial charge in [0.2, 0.25) is 0 Å². The molecule has 4 rings (SSSR count). The molecule has 1 fully saturated rings. The number of aliphatic carboxylic acids is 1. The molecule has 1 aliphatic carbocycles. The zero-order valence-corrected chi connectivity index (χ0v) is 20.2. The van der Waals surface area contributed by atoms with Crippen LogP contribution in [0, 0.1) is 24.2 Å². The third-order valence-electron chi connectivity index (χ3n) is 8.25. The van der Waals surface area contributed by atoms with Gasteiger partial charge in [-0.15, -0.1) is 0 Å². The van der Waals surface area contributed by atoms with Crippen molar-refractivity contribution < 1.29 is 39.1 Å². The summed E-state index contributed by atoms with van der Waals surface area (Å²) in [6, 6.07) is 0. The van der Waals surface area contributed by atoms with Crippen molar-refractivity contribution in [3.05, 3.63) is 22.3 Å². The van der Waals surface area contributed by atoms with Crippen molar-refractivity contribution in [1.82, 2.24) is 0 Å². The summed E-state index contributed by atoms with van der Waals surface area (Å²) in [7, 11) is 1.51. The summed E-state index contributed by atoms with van der Waals surface area (Å²) in [6.45, 7) is 9.27. The number of cyclic esters (lactones) is 1. The zero-order valence-electron chi connectivity index (χ0n) is 20.2. The van der Waals surface area contributed by atoms with E-state index in [0.717, 1.165) is 16.7 Å². The van der Waals surface area contributed by atoms with E-state index in [1.54, 1.807) is 13.8 Å². The molecule has 5 atom stereocenters. The summed E-state index contributed by atoms with van der Waals surface area (Å²) < 4.78 is 17.6. The maximum Gasteiger partial charge on any atom is 0.342 e. The lowest BCUT2D eigenvalue weighted by molar-refractivity contribution is -0.213. The van der Waals surface area contributed by atoms with Gasteiger partial charge in [0.15, 0.2) is 0 Å². The van der Waals surface area contributed by atoms with Crippen LogP contribution in [-0.2, 0) is 22.6 Å². The number of hydrogen-bond donors (Lipinski definition) is 3. The van der Waals surface area contributed by atoms with Crippen LogP contribution in [0.25, 0.3) is 0 Å². The Hall–Kier alpha value is -2.32. The van der Waals surface area contributed by atoms with Crippen LogP contribution in [0.2, 0.25) is 0 Å². The molecule has 2 heterocycles. The number of carboxylic acids is 1. The Morgan fingerprint density at radius 2 is 1.94 bits per heavy atom. The Morgan fingerprint density at radius 1 is 1.27 bits per heavy atom. The van der Waals surface area contributed by atoms with E-state index in [9.17, 15) is 24.9 Å². The van der Waals surface area contributed by atoms with Gasteiger partial charge in [0, 0.05) is 35.8 Å². The quantitative estimate of drug-likeness (QED) is 0.571. The lowest BCUT2D eigenvalue weighted by atomic mass is 9.48. The van der Waals surface area contributed by atoms with Crippen LogP contribution in [-0.4, -0.2) is 51.7 Å². The van der Waals surface area contributed by atoms with Gasteiger partial charge in [0.25, 0.3) is 0 Å². The first kappa shape index (κ1) is 23.8. The summed E-state index contributed by atoms with van der Waals surface area (Å²) in [5.74, 6) is -1.10. The first-order valence-electron chi connectivity index (χ1n) is 11.4. The van der Waals surface area contributed by atoms with Crippen LogP contribution in [0.15, 0.2) is 0 Å². The number of carbonyl (C=O) groups excluding carboxylic acids is 1. The van der Waals surface area contributed by atoms with Gasteiger partial charge in [0.05, 0.1) is 18.8 Å². The number of ether oxygens (including phenoxy) is 3. The number of carbonyl (C=O) groups is 2. The maximum absolute atomic E-state index is 12.5. The smallest absolute Gasteiger partial charge is 0.342 e. The molecule has 0 saturated heterocycles. The van der Waals surface area contributed by atoms with Gasteiger partial charge in [-0.2, -0.15) is 0 Å². The largest absolute Gasteiger partial charge is 0.495 e. The highest BCUT2D eigenvalue weighted by molar-refractivity contribution is 5.98. The molecular weight excluding hydrogens is 428 g/mol. The minimum absolute atomic E-state index is 0.0953. The third-order valence-corrected chi connectivity index (χ3v) is 8.25. The predicted octanol–water partition coefficient (Wildman–Crippen LogP) is 3.01. The average Bonchev–Trinajstić information content (AvgIpc) is 3.07. The molecule has 0 radical (unpaired) electrons. The van der Waals surface area contributed by atoms with Gasteiger partial charge in [-0.1, -0.05) is 6.92 Å². The van der Waals surface area contributed by atoms with Crippen LogP contribution < -0.4 is 9.47 Å². The lowest BCUT2D eigenvalue weighted by Gasteiger charge is -2.61. The second-order valence-corrected chi connectivity index (χ2v) is 10.9. The van der Waals surface area contributed by atoms with Crippen LogP contribution in [0.3, 0.4) is 0 Å². The molecule has 33 heavy (non-hydrogen) atoms. The van der Waals surface area contributed by atoms with Gasteiger partial charge < -0.3 is 29.5 Å². The van der Waals surface area contributed by atoms with E-state index < -0.39 is 40.6 Å². The van der Waals surface area contributed by atoms with E-state index in [4.69, 9.17) is 14.2 Å². The molecule has 1 aromatic rings. The minimum Gasteiger partial charge on any atom is -0.495 e. The highest BCUT2D eigenvalue weighted by Gasteiger charge is 2.63. The van der Waals surface area contributed by atoms with Gasteiger partial charge in [-0.3, -0.25) is 4.79 Å². The Morgan fingerprint density at radius 3 is 2.52 bits per heavy atom. The second-order valence-electron chi connectivity index (χ2n) is 10.9. The van der Waals surface area contributed by atoms with Gasteiger partial charge >= 0.3 is 11.9 Å². The average molecular weight is 463 g/mol. The number of aliphatic hydroxyl groups is 2. The zero-order chi connectivity index (χ0) is 24.5. The Balaban J connectivity index is 1.91. The molecule has 0 unspecified atom stereocenters. The molecule has 8 heteroatoms. The van der Waals surface area contributed by atoms with Crippen molar-refractivity contribution in [2.24, 2.45) is 17.3 Å². The van der Waals surface area contributed by atoms with E-state index in [1.165, 1.54) is 7.11 Å². The Bertz CT molecular complexity index is 1010. The monoisotopic (exact) mass is 462 g/mol. The van der Waals surface area contributed by atoms with Crippen LogP contribution >= 0.6 is 0 Å². The SMILES string of the molecule is COc1c2c(c(C)c3c1C(=O)OC3)O[C@@]1(C)C[C@@H](O)[C@@H](C(C)(C)O)[C@](C)(CCC(=O)O)[C@H]1C2. The van der Waals surface area contributed by atoms with Crippen LogP contribution in [0.4, 0.5) is 0 Å². The normalized spacial score (nSPS) is 32.8. The van der Waals surface area contributed by atoms with Gasteiger partial charge in [-0.25, -0.2) is 4.79 Å². The number of fused-ring (bicyclic) bond motifs is 3. The number of esters is 1. The number of methoxy groups -OCH3 is 1. The first-order valence-corrected chi connectivity index (χ1v) is 11.4. The van der Waals surface area contributed by atoms with Crippen molar-refractivity contribution in [1.29, 1.82) is 0 Å². The number of benzene rings is 1. The topological polar surface area (TPSA) is 123 Å². The number of carboxylic acid groups (broad SMARTS) is 1. The molecule has 3 aliphatic rings. The van der Waals surface area contributed by atoms with E-state index >= 15 is 0 Å². The molecule has 3 N–H and O–H groups in total. The first-order chi connectivity index (χ1) is 15.2. The van der Waals surface area contributed by atoms with Crippen LogP contribution in [0.1, 0.15) is 74.0 Å². The molecule has 0 bridgehead atoms. The summed E-state index contributed by atoms with van der Waals surface area (Å²) in [6.07, 6.45) is 0.0469. The van der Waals surface area contributed by atoms with Crippen molar-refractivity contribution in [2.45, 2.75) is 84.2 Å². The minimum atomic E-state index is -1.24. The van der Waals surface area contributed by atoms with Crippen LogP contribution in [0.5, 0.6) is 11.5 Å². The molecule has 1 aromatic carbocycles. The molecular formula is C25H34O8. The molecule has 0 amide bonds. The van der Waals surface area contributed by atoms with E-state index in [1.807, 2.05) is 20.8 Å². The van der Waals surface area contributed by atoms with Crippen molar-refractivity contribution in [2.75, 3.05) is 7.11 Å². The predicted molar refractivity (Wildman–Crippen MR) is 118 cm³/mol. The molecule has 8 nitrogen and oxygen atoms in total. The highest BCUT2D eigenvalue weighted by atomic mass is 16.5. The second kappa shape index (κ2) is 7.60. The van der Waals surface area contributed by atoms with Crippen molar-refractivity contribution in [3.8, 4) is 11.5 Å². The molecule has 0 aromatic heterocycles. The third kappa shape index (κ3) is 3.49. The van der Waals surface area contributed by atoms with E-state index in [-0.39, 0.29) is 25.4 Å². The van der Waals surface area contributed by atoms with E-state index in [2.05, 4.69) is 0 Å². The molecule has 0 spiro atoms. The fraction of sp³-hybridized carbons (Fsp3) is 0.680. The number of rotatable bonds is 5. The Kier molecular flexibility index (Phi) is 5.49. The fourth-order valence-electron chi connectivity index (χ4n) is 7.11. The molecule has 182 valence electrons. The van der Waals surface area contributed by atoms with E-state index in [0.29, 0.717) is 29.9 Å². The highest BCUT2D eigenvalue weighted by Crippen LogP contribution is 2.61. The summed E-state index contributed by atoms with van der Waals surface area (Å²) in [4.78, 5) is 24.0. The fourth-order valence-corrected chi connectivity index (χ4v) is 7.11. The standard InChI is InChI=1S/C25H34O8/c1-12-14-11-32-22(29)18(14)20(31-6)13-9-16-24(4,8-7-17(27)28)21(23(2,3)30)15(26)10-25(16,5)33-19(12)13/h15-16,21,26,30H,7-11H2,1-6H3,(H,27,28)/t15-,16-,21+,24-,25+/m1/s1. The summed E-state index contributed by atoms with van der Waals surface area (Å²) >= 11 is 0. The molecule has 2 aliphatic heterocycles. The van der Waals surface area contributed by atoms with Gasteiger partial charge in [-0.05, 0) is 51.5 Å². The summed E-state index contributed by atoms with van der Waals surface area (Å²) in [5, 5.41) is 31.8. The Labute approximate surface area is 193 Å². The van der Waals surface area contributed by atoms with Crippen molar-refractivity contribution in [3.63, 3.8) is 0 Å². The van der Waals surface area contributed by atoms with Gasteiger partial charge in [0.1, 0.15) is 29.3 Å². The summed E-state index contributed by atoms with van der Waals surface area (Å²) in [5.41, 5.74) is -0.0651. The lowest BCUT2D eigenvalue weighted by Crippen LogP contribution is -2.66. The number of aliphatic hydroxyl groups excluding tert-OH is 1. The maximum atomic E-state index is 12.5. The van der Waals surface area contributed by atoms with Crippen molar-refractivity contribution >= 4 is 11.9 Å².